The second kappa shape index (κ2) is 8.11. The summed E-state index contributed by atoms with van der Waals surface area (Å²) in [6.45, 7) is 6.71. The molecule has 1 aliphatic rings. The minimum atomic E-state index is -0.166. The van der Waals surface area contributed by atoms with E-state index in [2.05, 4.69) is 49.6 Å². The van der Waals surface area contributed by atoms with E-state index in [-0.39, 0.29) is 6.10 Å². The number of rotatable bonds is 5. The molecule has 0 radical (unpaired) electrons. The van der Waals surface area contributed by atoms with Crippen molar-refractivity contribution < 1.29 is 9.26 Å². The molecule has 1 atom stereocenters. The van der Waals surface area contributed by atoms with Gasteiger partial charge in [0.25, 0.3) is 0 Å². The van der Waals surface area contributed by atoms with Crippen LogP contribution in [0.3, 0.4) is 0 Å². The average Bonchev–Trinajstić information content (AvgIpc) is 3.11. The third-order valence-corrected chi connectivity index (χ3v) is 4.30. The number of hydrogen-bond acceptors (Lipinski definition) is 5. The highest BCUT2D eigenvalue weighted by atomic mass is 16.5. The topological polar surface area (TPSA) is 75.8 Å². The molecule has 1 unspecified atom stereocenters. The number of fused-ring (bicyclic) bond motifs is 1. The van der Waals surface area contributed by atoms with Gasteiger partial charge in [-0.3, -0.25) is 4.99 Å². The Morgan fingerprint density at radius 3 is 2.96 bits per heavy atom. The molecule has 2 heterocycles. The fraction of sp³-hybridized carbons (Fsp3) is 0.500. The van der Waals surface area contributed by atoms with Crippen molar-refractivity contribution in [3.63, 3.8) is 0 Å². The lowest BCUT2D eigenvalue weighted by molar-refractivity contribution is 0.0683. The van der Waals surface area contributed by atoms with Crippen molar-refractivity contribution in [1.82, 2.24) is 20.4 Å². The summed E-state index contributed by atoms with van der Waals surface area (Å²) in [5, 5.41) is 7.29. The van der Waals surface area contributed by atoms with E-state index in [1.165, 1.54) is 11.1 Å². The standard InChI is InChI=1S/C18H25N5O2/c1-4-24-13(2)17-21-16(25-22-17)11-20-18(19-3)23-10-9-14-7-5-6-8-15(14)12-23/h5-8,13H,4,9-12H2,1-3H3,(H,19,20). The van der Waals surface area contributed by atoms with E-state index in [1.54, 1.807) is 7.05 Å². The summed E-state index contributed by atoms with van der Waals surface area (Å²) >= 11 is 0. The Morgan fingerprint density at radius 1 is 1.40 bits per heavy atom. The van der Waals surface area contributed by atoms with Crippen LogP contribution in [0.2, 0.25) is 0 Å². The van der Waals surface area contributed by atoms with Gasteiger partial charge in [-0.2, -0.15) is 4.98 Å². The fourth-order valence-electron chi connectivity index (χ4n) is 2.99. The van der Waals surface area contributed by atoms with E-state index in [4.69, 9.17) is 9.26 Å². The van der Waals surface area contributed by atoms with E-state index < -0.39 is 0 Å². The molecule has 7 nitrogen and oxygen atoms in total. The molecule has 3 rings (SSSR count). The van der Waals surface area contributed by atoms with Crippen LogP contribution < -0.4 is 5.32 Å². The second-order valence-electron chi connectivity index (χ2n) is 5.98. The van der Waals surface area contributed by atoms with Crippen molar-refractivity contribution in [3.05, 3.63) is 47.1 Å². The lowest BCUT2D eigenvalue weighted by Gasteiger charge is -2.31. The van der Waals surface area contributed by atoms with Gasteiger partial charge in [-0.25, -0.2) is 0 Å². The minimum Gasteiger partial charge on any atom is -0.371 e. The first-order valence-electron chi connectivity index (χ1n) is 8.67. The van der Waals surface area contributed by atoms with Gasteiger partial charge < -0.3 is 19.5 Å². The molecule has 1 aliphatic heterocycles. The predicted molar refractivity (Wildman–Crippen MR) is 95.1 cm³/mol. The highest BCUT2D eigenvalue weighted by Gasteiger charge is 2.19. The van der Waals surface area contributed by atoms with Crippen LogP contribution in [-0.2, 0) is 24.2 Å². The Morgan fingerprint density at radius 2 is 2.20 bits per heavy atom. The smallest absolute Gasteiger partial charge is 0.246 e. The number of ether oxygens (including phenoxy) is 1. The van der Waals surface area contributed by atoms with Gasteiger partial charge >= 0.3 is 0 Å². The van der Waals surface area contributed by atoms with Crippen LogP contribution in [-0.4, -0.2) is 41.2 Å². The molecular weight excluding hydrogens is 318 g/mol. The number of guanidine groups is 1. The molecule has 1 aromatic carbocycles. The highest BCUT2D eigenvalue weighted by Crippen LogP contribution is 2.18. The Labute approximate surface area is 148 Å². The van der Waals surface area contributed by atoms with Crippen molar-refractivity contribution in [3.8, 4) is 0 Å². The van der Waals surface area contributed by atoms with Gasteiger partial charge in [-0.05, 0) is 31.4 Å². The molecule has 0 amide bonds. The Kier molecular flexibility index (Phi) is 5.65. The summed E-state index contributed by atoms with van der Waals surface area (Å²) in [6, 6.07) is 8.55. The lowest BCUT2D eigenvalue weighted by Crippen LogP contribution is -2.43. The molecule has 134 valence electrons. The molecule has 2 aromatic rings. The van der Waals surface area contributed by atoms with Crippen LogP contribution in [0.1, 0.15) is 42.8 Å². The first-order chi connectivity index (χ1) is 12.2. The molecule has 1 N–H and O–H groups in total. The van der Waals surface area contributed by atoms with Gasteiger partial charge in [0.1, 0.15) is 6.10 Å². The molecule has 0 saturated carbocycles. The molecule has 0 spiro atoms. The summed E-state index contributed by atoms with van der Waals surface area (Å²) in [5.41, 5.74) is 2.77. The Hall–Kier alpha value is -2.41. The summed E-state index contributed by atoms with van der Waals surface area (Å²) in [7, 11) is 1.79. The van der Waals surface area contributed by atoms with E-state index in [1.807, 2.05) is 13.8 Å². The van der Waals surface area contributed by atoms with Crippen molar-refractivity contribution in [1.29, 1.82) is 0 Å². The zero-order valence-electron chi connectivity index (χ0n) is 15.0. The number of benzene rings is 1. The first kappa shape index (κ1) is 17.4. The SMILES string of the molecule is CCOC(C)c1noc(CNC(=NC)N2CCc3ccccc3C2)n1. The normalized spacial score (nSPS) is 15.8. The molecule has 0 aliphatic carbocycles. The highest BCUT2D eigenvalue weighted by molar-refractivity contribution is 5.80. The van der Waals surface area contributed by atoms with Crippen molar-refractivity contribution in [2.45, 2.75) is 39.5 Å². The predicted octanol–water partition coefficient (Wildman–Crippen LogP) is 2.30. The fourth-order valence-corrected chi connectivity index (χ4v) is 2.99. The largest absolute Gasteiger partial charge is 0.371 e. The number of aliphatic imine (C=N–C) groups is 1. The van der Waals surface area contributed by atoms with Crippen LogP contribution in [0.25, 0.3) is 0 Å². The van der Waals surface area contributed by atoms with Crippen LogP contribution in [0.15, 0.2) is 33.8 Å². The molecule has 0 bridgehead atoms. The molecule has 7 heteroatoms. The van der Waals surface area contributed by atoms with Gasteiger partial charge in [0.2, 0.25) is 5.89 Å². The van der Waals surface area contributed by atoms with E-state index in [0.717, 1.165) is 25.5 Å². The van der Waals surface area contributed by atoms with Gasteiger partial charge in [0.15, 0.2) is 11.8 Å². The van der Waals surface area contributed by atoms with E-state index >= 15 is 0 Å². The minimum absolute atomic E-state index is 0.166. The molecule has 1 aromatic heterocycles. The number of nitrogens with one attached hydrogen (secondary N) is 1. The monoisotopic (exact) mass is 343 g/mol. The van der Waals surface area contributed by atoms with Crippen molar-refractivity contribution in [2.24, 2.45) is 4.99 Å². The lowest BCUT2D eigenvalue weighted by atomic mass is 10.0. The number of aromatic nitrogens is 2. The van der Waals surface area contributed by atoms with E-state index in [9.17, 15) is 0 Å². The van der Waals surface area contributed by atoms with Crippen LogP contribution in [0.4, 0.5) is 0 Å². The quantitative estimate of drug-likeness (QED) is 0.663. The zero-order chi connectivity index (χ0) is 17.6. The third kappa shape index (κ3) is 4.17. The first-order valence-corrected chi connectivity index (χ1v) is 8.67. The maximum atomic E-state index is 5.48. The second-order valence-corrected chi connectivity index (χ2v) is 5.98. The molecule has 0 saturated heterocycles. The zero-order valence-corrected chi connectivity index (χ0v) is 15.0. The molecule has 25 heavy (non-hydrogen) atoms. The maximum Gasteiger partial charge on any atom is 0.246 e. The van der Waals surface area contributed by atoms with E-state index in [0.29, 0.717) is 24.9 Å². The molecule has 0 fully saturated rings. The summed E-state index contributed by atoms with van der Waals surface area (Å²) in [4.78, 5) is 11.0. The van der Waals surface area contributed by atoms with Gasteiger partial charge in [-0.1, -0.05) is 29.4 Å². The average molecular weight is 343 g/mol. The summed E-state index contributed by atoms with van der Waals surface area (Å²) < 4.78 is 10.8. The van der Waals surface area contributed by atoms with Gasteiger partial charge in [0.05, 0.1) is 6.54 Å². The van der Waals surface area contributed by atoms with Crippen molar-refractivity contribution >= 4 is 5.96 Å². The Bertz CT molecular complexity index is 728. The summed E-state index contributed by atoms with van der Waals surface area (Å²) in [6.07, 6.45) is 0.855. The number of hydrogen-bond donors (Lipinski definition) is 1. The van der Waals surface area contributed by atoms with Gasteiger partial charge in [-0.15, -0.1) is 0 Å². The molecular formula is C18H25N5O2. The number of nitrogens with zero attached hydrogens (tertiary/aromatic N) is 4. The summed E-state index contributed by atoms with van der Waals surface area (Å²) in [5.74, 6) is 1.94. The Balaban J connectivity index is 1.59. The maximum absolute atomic E-state index is 5.48. The van der Waals surface area contributed by atoms with Crippen LogP contribution in [0.5, 0.6) is 0 Å². The van der Waals surface area contributed by atoms with Crippen LogP contribution >= 0.6 is 0 Å². The van der Waals surface area contributed by atoms with Crippen molar-refractivity contribution in [2.75, 3.05) is 20.2 Å². The van der Waals surface area contributed by atoms with Crippen LogP contribution in [0, 0.1) is 0 Å². The third-order valence-electron chi connectivity index (χ3n) is 4.30. The van der Waals surface area contributed by atoms with Gasteiger partial charge in [0, 0.05) is 26.7 Å².